The van der Waals surface area contributed by atoms with Gasteiger partial charge in [-0.25, -0.2) is 0 Å². The summed E-state index contributed by atoms with van der Waals surface area (Å²) in [5.74, 6) is 1.97. The first-order valence-corrected chi connectivity index (χ1v) is 9.11. The number of hydrogen-bond donors (Lipinski definition) is 2. The Morgan fingerprint density at radius 3 is 2.71 bits per heavy atom. The third-order valence-corrected chi connectivity index (χ3v) is 4.21. The van der Waals surface area contributed by atoms with Crippen molar-refractivity contribution in [2.75, 3.05) is 32.7 Å². The third kappa shape index (κ3) is 7.88. The molecule has 2 heterocycles. The maximum Gasteiger partial charge on any atom is 0.191 e. The second kappa shape index (κ2) is 12.6. The Morgan fingerprint density at radius 1 is 1.29 bits per heavy atom. The average molecular weight is 448 g/mol. The molecule has 1 aliphatic rings. The Hall–Kier alpha value is -0.760. The van der Waals surface area contributed by atoms with Crippen molar-refractivity contribution in [3.05, 3.63) is 24.2 Å². The van der Waals surface area contributed by atoms with Crippen molar-refractivity contribution in [1.82, 2.24) is 15.5 Å². The van der Waals surface area contributed by atoms with E-state index in [0.29, 0.717) is 6.04 Å². The third-order valence-electron chi connectivity index (χ3n) is 4.21. The fourth-order valence-electron chi connectivity index (χ4n) is 2.95. The van der Waals surface area contributed by atoms with Gasteiger partial charge in [0.2, 0.25) is 0 Å². The SMILES string of the molecule is CCCN=C(NCCc1ccco1)NC1CCN(CCC)CC1.I. The van der Waals surface area contributed by atoms with E-state index in [2.05, 4.69) is 34.4 Å². The van der Waals surface area contributed by atoms with Gasteiger partial charge in [-0.1, -0.05) is 13.8 Å². The van der Waals surface area contributed by atoms with Crippen LogP contribution in [-0.4, -0.2) is 49.6 Å². The van der Waals surface area contributed by atoms with E-state index in [9.17, 15) is 0 Å². The maximum atomic E-state index is 5.38. The minimum absolute atomic E-state index is 0. The van der Waals surface area contributed by atoms with E-state index >= 15 is 0 Å². The molecule has 0 aliphatic carbocycles. The molecule has 0 radical (unpaired) electrons. The van der Waals surface area contributed by atoms with Gasteiger partial charge in [0.1, 0.15) is 5.76 Å². The van der Waals surface area contributed by atoms with Gasteiger partial charge in [-0.05, 0) is 44.4 Å². The number of likely N-dealkylation sites (tertiary alicyclic amines) is 1. The molecule has 0 amide bonds. The number of furan rings is 1. The Bertz CT molecular complexity index is 442. The smallest absolute Gasteiger partial charge is 0.191 e. The van der Waals surface area contributed by atoms with Crippen LogP contribution in [0.5, 0.6) is 0 Å². The summed E-state index contributed by atoms with van der Waals surface area (Å²) >= 11 is 0. The maximum absolute atomic E-state index is 5.38. The van der Waals surface area contributed by atoms with Gasteiger partial charge < -0.3 is 20.0 Å². The topological polar surface area (TPSA) is 52.8 Å². The van der Waals surface area contributed by atoms with Gasteiger partial charge in [0.25, 0.3) is 0 Å². The fourth-order valence-corrected chi connectivity index (χ4v) is 2.95. The molecule has 2 N–H and O–H groups in total. The van der Waals surface area contributed by atoms with Crippen LogP contribution in [0.1, 0.15) is 45.3 Å². The lowest BCUT2D eigenvalue weighted by atomic mass is 10.1. The minimum Gasteiger partial charge on any atom is -0.469 e. The molecule has 5 nitrogen and oxygen atoms in total. The molecular weight excluding hydrogens is 415 g/mol. The van der Waals surface area contributed by atoms with Gasteiger partial charge in [-0.15, -0.1) is 24.0 Å². The number of rotatable bonds is 8. The second-order valence-corrected chi connectivity index (χ2v) is 6.25. The summed E-state index contributed by atoms with van der Waals surface area (Å²) in [7, 11) is 0. The average Bonchev–Trinajstić information content (AvgIpc) is 3.08. The van der Waals surface area contributed by atoms with Crippen LogP contribution in [0.3, 0.4) is 0 Å². The van der Waals surface area contributed by atoms with Gasteiger partial charge in [-0.3, -0.25) is 4.99 Å². The first-order chi connectivity index (χ1) is 11.3. The van der Waals surface area contributed by atoms with Gasteiger partial charge >= 0.3 is 0 Å². The fraction of sp³-hybridized carbons (Fsp3) is 0.722. The van der Waals surface area contributed by atoms with Crippen molar-refractivity contribution in [3.63, 3.8) is 0 Å². The lowest BCUT2D eigenvalue weighted by Gasteiger charge is -2.32. The van der Waals surface area contributed by atoms with Crippen molar-refractivity contribution in [1.29, 1.82) is 0 Å². The Morgan fingerprint density at radius 2 is 2.08 bits per heavy atom. The van der Waals surface area contributed by atoms with E-state index in [0.717, 1.165) is 37.7 Å². The summed E-state index contributed by atoms with van der Waals surface area (Å²) < 4.78 is 5.38. The summed E-state index contributed by atoms with van der Waals surface area (Å²) in [6, 6.07) is 4.49. The zero-order chi connectivity index (χ0) is 16.3. The van der Waals surface area contributed by atoms with Gasteiger partial charge in [0.05, 0.1) is 6.26 Å². The molecule has 24 heavy (non-hydrogen) atoms. The summed E-state index contributed by atoms with van der Waals surface area (Å²) in [4.78, 5) is 7.22. The molecule has 6 heteroatoms. The van der Waals surface area contributed by atoms with Crippen LogP contribution in [0.15, 0.2) is 27.8 Å². The van der Waals surface area contributed by atoms with E-state index < -0.39 is 0 Å². The van der Waals surface area contributed by atoms with Crippen LogP contribution >= 0.6 is 24.0 Å². The van der Waals surface area contributed by atoms with E-state index in [1.165, 1.54) is 38.9 Å². The number of nitrogens with zero attached hydrogens (tertiary/aromatic N) is 2. The molecule has 0 saturated carbocycles. The normalized spacial score (nSPS) is 16.7. The van der Waals surface area contributed by atoms with E-state index in [4.69, 9.17) is 4.42 Å². The highest BCUT2D eigenvalue weighted by Gasteiger charge is 2.19. The van der Waals surface area contributed by atoms with Crippen molar-refractivity contribution >= 4 is 29.9 Å². The highest BCUT2D eigenvalue weighted by Crippen LogP contribution is 2.10. The zero-order valence-electron chi connectivity index (χ0n) is 15.1. The highest BCUT2D eigenvalue weighted by atomic mass is 127. The number of hydrogen-bond acceptors (Lipinski definition) is 3. The number of nitrogens with one attached hydrogen (secondary N) is 2. The summed E-state index contributed by atoms with van der Waals surface area (Å²) in [5.41, 5.74) is 0. The molecule has 0 unspecified atom stereocenters. The monoisotopic (exact) mass is 448 g/mol. The first kappa shape index (κ1) is 21.3. The summed E-state index contributed by atoms with van der Waals surface area (Å²) in [5, 5.41) is 7.06. The molecule has 0 bridgehead atoms. The molecule has 138 valence electrons. The molecule has 2 rings (SSSR count). The zero-order valence-corrected chi connectivity index (χ0v) is 17.4. The Kier molecular flexibility index (Phi) is 11.2. The van der Waals surface area contributed by atoms with Crippen LogP contribution in [0.4, 0.5) is 0 Å². The number of guanidine groups is 1. The largest absolute Gasteiger partial charge is 0.469 e. The van der Waals surface area contributed by atoms with Crippen molar-refractivity contribution in [2.24, 2.45) is 4.99 Å². The van der Waals surface area contributed by atoms with Crippen molar-refractivity contribution in [3.8, 4) is 0 Å². The Labute approximate surface area is 163 Å². The standard InChI is InChI=1S/C18H32N4O.HI/c1-3-10-19-18(20-11-7-17-6-5-15-23-17)21-16-8-13-22(12-4-2)14-9-16;/h5-6,15-16H,3-4,7-14H2,1-2H3,(H2,19,20,21);1H. The van der Waals surface area contributed by atoms with Gasteiger partial charge in [0, 0.05) is 38.6 Å². The van der Waals surface area contributed by atoms with Crippen molar-refractivity contribution < 1.29 is 4.42 Å². The molecule has 0 spiro atoms. The molecule has 1 aromatic heterocycles. The number of aliphatic imine (C=N–C) groups is 1. The van der Waals surface area contributed by atoms with Crippen molar-refractivity contribution in [2.45, 2.75) is 52.0 Å². The first-order valence-electron chi connectivity index (χ1n) is 9.11. The number of halogens is 1. The lowest BCUT2D eigenvalue weighted by molar-refractivity contribution is 0.206. The molecule has 0 aromatic carbocycles. The van der Waals surface area contributed by atoms with Crippen LogP contribution in [0.25, 0.3) is 0 Å². The minimum atomic E-state index is 0. The molecule has 1 aromatic rings. The van der Waals surface area contributed by atoms with Crippen LogP contribution in [0.2, 0.25) is 0 Å². The molecular formula is C18H33IN4O. The summed E-state index contributed by atoms with van der Waals surface area (Å²) in [6.07, 6.45) is 7.32. The van der Waals surface area contributed by atoms with E-state index in [1.54, 1.807) is 6.26 Å². The highest BCUT2D eigenvalue weighted by molar-refractivity contribution is 14.0. The quantitative estimate of drug-likeness (QED) is 0.364. The molecule has 0 atom stereocenters. The molecule has 1 aliphatic heterocycles. The molecule has 1 saturated heterocycles. The number of piperidine rings is 1. The van der Waals surface area contributed by atoms with Crippen LogP contribution in [-0.2, 0) is 6.42 Å². The van der Waals surface area contributed by atoms with E-state index in [1.807, 2.05) is 12.1 Å². The van der Waals surface area contributed by atoms with Crippen LogP contribution < -0.4 is 10.6 Å². The molecule has 1 fully saturated rings. The second-order valence-electron chi connectivity index (χ2n) is 6.25. The Balaban J connectivity index is 0.00000288. The lowest BCUT2D eigenvalue weighted by Crippen LogP contribution is -2.49. The summed E-state index contributed by atoms with van der Waals surface area (Å²) in [6.45, 7) is 9.74. The van der Waals surface area contributed by atoms with Gasteiger partial charge in [0.15, 0.2) is 5.96 Å². The predicted octanol–water partition coefficient (Wildman–Crippen LogP) is 3.26. The van der Waals surface area contributed by atoms with Crippen LogP contribution in [0, 0.1) is 0 Å². The van der Waals surface area contributed by atoms with E-state index in [-0.39, 0.29) is 24.0 Å². The predicted molar refractivity (Wildman–Crippen MR) is 111 cm³/mol. The van der Waals surface area contributed by atoms with Gasteiger partial charge in [-0.2, -0.15) is 0 Å².